The van der Waals surface area contributed by atoms with Crippen molar-refractivity contribution in [3.8, 4) is 0 Å². The first-order valence-electron chi connectivity index (χ1n) is 7.21. The third-order valence-corrected chi connectivity index (χ3v) is 4.10. The van der Waals surface area contributed by atoms with Crippen LogP contribution in [0.5, 0.6) is 0 Å². The lowest BCUT2D eigenvalue weighted by molar-refractivity contribution is -0.0144. The molecule has 1 aromatic heterocycles. The molecule has 0 amide bonds. The Hall–Kier alpha value is -0.580. The fourth-order valence-electron chi connectivity index (χ4n) is 2.88. The summed E-state index contributed by atoms with van der Waals surface area (Å²) in [5.74, 6) is 0. The average molecular weight is 286 g/mol. The van der Waals surface area contributed by atoms with Crippen LogP contribution < -0.4 is 5.32 Å². The van der Waals surface area contributed by atoms with Crippen LogP contribution in [-0.4, -0.2) is 28.5 Å². The Balaban J connectivity index is 2.35. The molecule has 2 rings (SSSR count). The molecule has 0 spiro atoms. The second-order valence-electron chi connectivity index (χ2n) is 5.36. The van der Waals surface area contributed by atoms with E-state index >= 15 is 0 Å². The molecule has 1 fully saturated rings. The fraction of sp³-hybridized carbons (Fsp3) is 0.786. The summed E-state index contributed by atoms with van der Waals surface area (Å²) in [5, 5.41) is 8.67. The molecule has 4 nitrogen and oxygen atoms in total. The highest BCUT2D eigenvalue weighted by atomic mass is 35.5. The average Bonchev–Trinajstić information content (AvgIpc) is 2.96. The van der Waals surface area contributed by atoms with E-state index < -0.39 is 0 Å². The van der Waals surface area contributed by atoms with E-state index in [0.29, 0.717) is 0 Å². The van der Waals surface area contributed by atoms with Crippen LogP contribution in [-0.2, 0) is 11.3 Å². The Morgan fingerprint density at radius 1 is 1.58 bits per heavy atom. The Kier molecular flexibility index (Phi) is 4.87. The topological polar surface area (TPSA) is 39.1 Å². The van der Waals surface area contributed by atoms with Crippen LogP contribution in [0.3, 0.4) is 0 Å². The molecule has 1 saturated heterocycles. The van der Waals surface area contributed by atoms with Crippen LogP contribution in [0.4, 0.5) is 0 Å². The molecule has 1 aromatic rings. The van der Waals surface area contributed by atoms with Crippen molar-refractivity contribution in [1.29, 1.82) is 0 Å². The molecular weight excluding hydrogens is 262 g/mol. The van der Waals surface area contributed by atoms with Gasteiger partial charge in [-0.15, -0.1) is 0 Å². The SMILES string of the molecule is CCCn1ncc(Cl)c1C(NCC)C1(C)CCCO1. The zero-order valence-electron chi connectivity index (χ0n) is 12.1. The molecule has 2 atom stereocenters. The van der Waals surface area contributed by atoms with Gasteiger partial charge >= 0.3 is 0 Å². The summed E-state index contributed by atoms with van der Waals surface area (Å²) in [7, 11) is 0. The van der Waals surface area contributed by atoms with E-state index in [1.54, 1.807) is 6.20 Å². The van der Waals surface area contributed by atoms with Gasteiger partial charge in [0.2, 0.25) is 0 Å². The lowest BCUT2D eigenvalue weighted by Crippen LogP contribution is -2.42. The number of ether oxygens (including phenoxy) is 1. The van der Waals surface area contributed by atoms with Crippen LogP contribution in [0.15, 0.2) is 6.20 Å². The van der Waals surface area contributed by atoms with Gasteiger partial charge in [0.05, 0.1) is 28.6 Å². The van der Waals surface area contributed by atoms with Gasteiger partial charge in [0.1, 0.15) is 0 Å². The summed E-state index contributed by atoms with van der Waals surface area (Å²) >= 11 is 6.37. The molecule has 0 aliphatic carbocycles. The van der Waals surface area contributed by atoms with E-state index in [4.69, 9.17) is 16.3 Å². The molecular formula is C14H24ClN3O. The van der Waals surface area contributed by atoms with Gasteiger partial charge in [0.15, 0.2) is 0 Å². The number of rotatable bonds is 6. The second kappa shape index (κ2) is 6.25. The molecule has 2 unspecified atom stereocenters. The van der Waals surface area contributed by atoms with Gasteiger partial charge in [-0.2, -0.15) is 5.10 Å². The van der Waals surface area contributed by atoms with Crippen molar-refractivity contribution in [2.45, 2.75) is 58.2 Å². The van der Waals surface area contributed by atoms with Crippen molar-refractivity contribution in [2.75, 3.05) is 13.2 Å². The van der Waals surface area contributed by atoms with E-state index in [2.05, 4.69) is 31.2 Å². The molecule has 1 N–H and O–H groups in total. The minimum absolute atomic E-state index is 0.0987. The maximum Gasteiger partial charge on any atom is 0.0865 e. The van der Waals surface area contributed by atoms with Crippen molar-refractivity contribution in [1.82, 2.24) is 15.1 Å². The summed E-state index contributed by atoms with van der Waals surface area (Å²) in [6.45, 7) is 9.04. The smallest absolute Gasteiger partial charge is 0.0865 e. The predicted molar refractivity (Wildman–Crippen MR) is 77.5 cm³/mol. The minimum atomic E-state index is -0.189. The van der Waals surface area contributed by atoms with E-state index in [9.17, 15) is 0 Å². The predicted octanol–water partition coefficient (Wildman–Crippen LogP) is 3.17. The van der Waals surface area contributed by atoms with Gasteiger partial charge in [-0.1, -0.05) is 25.4 Å². The summed E-state index contributed by atoms with van der Waals surface area (Å²) < 4.78 is 8.02. The van der Waals surface area contributed by atoms with E-state index in [-0.39, 0.29) is 11.6 Å². The lowest BCUT2D eigenvalue weighted by atomic mass is 9.90. The standard InChI is InChI=1S/C14H24ClN3O/c1-4-8-18-12(11(15)10-17-18)13(16-5-2)14(3)7-6-9-19-14/h10,13,16H,4-9H2,1-3H3. The lowest BCUT2D eigenvalue weighted by Gasteiger charge is -2.34. The van der Waals surface area contributed by atoms with Crippen LogP contribution in [0, 0.1) is 0 Å². The molecule has 1 aliphatic heterocycles. The largest absolute Gasteiger partial charge is 0.373 e. The number of hydrogen-bond donors (Lipinski definition) is 1. The Morgan fingerprint density at radius 2 is 2.37 bits per heavy atom. The van der Waals surface area contributed by atoms with Crippen LogP contribution >= 0.6 is 11.6 Å². The summed E-state index contributed by atoms with van der Waals surface area (Å²) in [5.41, 5.74) is 0.875. The van der Waals surface area contributed by atoms with E-state index in [1.807, 2.05) is 4.68 Å². The highest BCUT2D eigenvalue weighted by Crippen LogP contribution is 2.39. The number of aromatic nitrogens is 2. The van der Waals surface area contributed by atoms with Gasteiger partial charge in [-0.25, -0.2) is 0 Å². The number of nitrogens with one attached hydrogen (secondary N) is 1. The van der Waals surface area contributed by atoms with Crippen molar-refractivity contribution in [2.24, 2.45) is 0 Å². The van der Waals surface area contributed by atoms with Crippen molar-refractivity contribution < 1.29 is 4.74 Å². The maximum atomic E-state index is 6.37. The highest BCUT2D eigenvalue weighted by molar-refractivity contribution is 6.31. The van der Waals surface area contributed by atoms with Crippen molar-refractivity contribution in [3.05, 3.63) is 16.9 Å². The van der Waals surface area contributed by atoms with Crippen molar-refractivity contribution >= 4 is 11.6 Å². The summed E-state index contributed by atoms with van der Waals surface area (Å²) in [6.07, 6.45) is 4.95. The highest BCUT2D eigenvalue weighted by Gasteiger charge is 2.41. The molecule has 0 bridgehead atoms. The molecule has 2 heterocycles. The molecule has 0 saturated carbocycles. The monoisotopic (exact) mass is 285 g/mol. The summed E-state index contributed by atoms with van der Waals surface area (Å²) in [4.78, 5) is 0. The quantitative estimate of drug-likeness (QED) is 0.873. The summed E-state index contributed by atoms with van der Waals surface area (Å²) in [6, 6.07) is 0.0987. The normalized spacial score (nSPS) is 24.8. The first-order valence-corrected chi connectivity index (χ1v) is 7.58. The molecule has 0 radical (unpaired) electrons. The number of likely N-dealkylation sites (N-methyl/N-ethyl adjacent to an activating group) is 1. The van der Waals surface area contributed by atoms with E-state index in [0.717, 1.165) is 49.7 Å². The first kappa shape index (κ1) is 14.8. The number of hydrogen-bond acceptors (Lipinski definition) is 3. The van der Waals surface area contributed by atoms with Gasteiger partial charge in [-0.05, 0) is 32.7 Å². The number of halogens is 1. The van der Waals surface area contributed by atoms with Gasteiger partial charge in [-0.3, -0.25) is 4.68 Å². The van der Waals surface area contributed by atoms with Crippen LogP contribution in [0.1, 0.15) is 51.8 Å². The third-order valence-electron chi connectivity index (χ3n) is 3.81. The zero-order chi connectivity index (χ0) is 13.9. The molecule has 19 heavy (non-hydrogen) atoms. The Labute approximate surface area is 120 Å². The Morgan fingerprint density at radius 3 is 2.95 bits per heavy atom. The number of aryl methyl sites for hydroxylation is 1. The second-order valence-corrected chi connectivity index (χ2v) is 5.76. The van der Waals surface area contributed by atoms with Gasteiger partial charge in [0.25, 0.3) is 0 Å². The Bertz CT molecular complexity index is 413. The first-order chi connectivity index (χ1) is 9.12. The third kappa shape index (κ3) is 2.96. The van der Waals surface area contributed by atoms with E-state index in [1.165, 1.54) is 0 Å². The van der Waals surface area contributed by atoms with Gasteiger partial charge < -0.3 is 10.1 Å². The molecule has 5 heteroatoms. The van der Waals surface area contributed by atoms with Gasteiger partial charge in [0, 0.05) is 13.2 Å². The fourth-order valence-corrected chi connectivity index (χ4v) is 3.13. The van der Waals surface area contributed by atoms with Crippen LogP contribution in [0.2, 0.25) is 5.02 Å². The van der Waals surface area contributed by atoms with Crippen LogP contribution in [0.25, 0.3) is 0 Å². The van der Waals surface area contributed by atoms with Crippen molar-refractivity contribution in [3.63, 3.8) is 0 Å². The molecule has 0 aromatic carbocycles. The minimum Gasteiger partial charge on any atom is -0.373 e. The molecule has 1 aliphatic rings. The molecule has 108 valence electrons. The zero-order valence-corrected chi connectivity index (χ0v) is 12.8. The number of nitrogens with zero attached hydrogens (tertiary/aromatic N) is 2. The maximum absolute atomic E-state index is 6.37.